The number of hydrogen-bond donors (Lipinski definition) is 0. The Morgan fingerprint density at radius 2 is 2.12 bits per heavy atom. The Kier molecular flexibility index (Phi) is 5.45. The van der Waals surface area contributed by atoms with Crippen molar-refractivity contribution in [3.63, 3.8) is 0 Å². The SMILES string of the molecule is CCCc1noc(CCC(=O)N2CCCC(n3nc(C)nc3C)C2)n1. The summed E-state index contributed by atoms with van der Waals surface area (Å²) in [7, 11) is 0. The standard InChI is InChI=1S/C17H26N6O2/c1-4-6-15-19-16(25-21-15)8-9-17(24)22-10-5-7-14(11-22)23-13(3)18-12(2)20-23/h14H,4-11H2,1-3H3. The normalized spacial score (nSPS) is 17.9. The number of likely N-dealkylation sites (tertiary alicyclic amines) is 1. The molecule has 3 heterocycles. The third-order valence-electron chi connectivity index (χ3n) is 4.54. The number of hydrogen-bond acceptors (Lipinski definition) is 6. The van der Waals surface area contributed by atoms with Gasteiger partial charge in [0.1, 0.15) is 11.6 Å². The van der Waals surface area contributed by atoms with Crippen LogP contribution in [0.5, 0.6) is 0 Å². The zero-order chi connectivity index (χ0) is 17.8. The second-order valence-corrected chi connectivity index (χ2v) is 6.64. The Labute approximate surface area is 147 Å². The van der Waals surface area contributed by atoms with Crippen molar-refractivity contribution < 1.29 is 9.32 Å². The largest absolute Gasteiger partial charge is 0.341 e. The number of aryl methyl sites for hydroxylation is 4. The van der Waals surface area contributed by atoms with Gasteiger partial charge < -0.3 is 9.42 Å². The first-order chi connectivity index (χ1) is 12.1. The van der Waals surface area contributed by atoms with Gasteiger partial charge in [-0.05, 0) is 33.1 Å². The fourth-order valence-electron chi connectivity index (χ4n) is 3.35. The lowest BCUT2D eigenvalue weighted by Gasteiger charge is -2.33. The second kappa shape index (κ2) is 7.76. The van der Waals surface area contributed by atoms with Crippen molar-refractivity contribution in [1.29, 1.82) is 0 Å². The lowest BCUT2D eigenvalue weighted by atomic mass is 10.1. The molecule has 0 aliphatic carbocycles. The Morgan fingerprint density at radius 3 is 2.84 bits per heavy atom. The smallest absolute Gasteiger partial charge is 0.227 e. The number of amides is 1. The molecule has 8 nitrogen and oxygen atoms in total. The lowest BCUT2D eigenvalue weighted by molar-refractivity contribution is -0.133. The molecule has 3 rings (SSSR count). The maximum atomic E-state index is 12.6. The predicted octanol–water partition coefficient (Wildman–Crippen LogP) is 2.03. The third kappa shape index (κ3) is 4.24. The summed E-state index contributed by atoms with van der Waals surface area (Å²) in [5, 5.41) is 8.41. The molecule has 1 saturated heterocycles. The summed E-state index contributed by atoms with van der Waals surface area (Å²) in [6, 6.07) is 0.207. The summed E-state index contributed by atoms with van der Waals surface area (Å²) in [6.45, 7) is 7.42. The van der Waals surface area contributed by atoms with Crippen LogP contribution in [0.1, 0.15) is 62.0 Å². The fourth-order valence-corrected chi connectivity index (χ4v) is 3.35. The first kappa shape index (κ1) is 17.6. The Morgan fingerprint density at radius 1 is 1.28 bits per heavy atom. The van der Waals surface area contributed by atoms with Gasteiger partial charge in [0.05, 0.1) is 6.04 Å². The highest BCUT2D eigenvalue weighted by molar-refractivity contribution is 5.76. The summed E-state index contributed by atoms with van der Waals surface area (Å²) >= 11 is 0. The summed E-state index contributed by atoms with van der Waals surface area (Å²) in [5.74, 6) is 3.09. The van der Waals surface area contributed by atoms with Crippen molar-refractivity contribution in [2.75, 3.05) is 13.1 Å². The van der Waals surface area contributed by atoms with Crippen LogP contribution in [0, 0.1) is 13.8 Å². The molecule has 0 spiro atoms. The van der Waals surface area contributed by atoms with Gasteiger partial charge in [-0.1, -0.05) is 12.1 Å². The lowest BCUT2D eigenvalue weighted by Crippen LogP contribution is -2.41. The number of carbonyl (C=O) groups is 1. The van der Waals surface area contributed by atoms with Crippen molar-refractivity contribution >= 4 is 5.91 Å². The molecule has 0 bridgehead atoms. The van der Waals surface area contributed by atoms with E-state index in [0.29, 0.717) is 25.3 Å². The van der Waals surface area contributed by atoms with E-state index in [1.165, 1.54) is 0 Å². The molecular weight excluding hydrogens is 320 g/mol. The minimum atomic E-state index is 0.134. The quantitative estimate of drug-likeness (QED) is 0.795. The van der Waals surface area contributed by atoms with E-state index in [2.05, 4.69) is 27.1 Å². The molecule has 8 heteroatoms. The van der Waals surface area contributed by atoms with E-state index in [9.17, 15) is 4.79 Å². The van der Waals surface area contributed by atoms with Crippen LogP contribution in [-0.2, 0) is 17.6 Å². The zero-order valence-electron chi connectivity index (χ0n) is 15.2. The minimum Gasteiger partial charge on any atom is -0.341 e. The number of carbonyl (C=O) groups excluding carboxylic acids is 1. The van der Waals surface area contributed by atoms with Crippen LogP contribution in [0.4, 0.5) is 0 Å². The topological polar surface area (TPSA) is 89.9 Å². The van der Waals surface area contributed by atoms with E-state index in [0.717, 1.165) is 49.7 Å². The monoisotopic (exact) mass is 346 g/mol. The molecule has 25 heavy (non-hydrogen) atoms. The number of piperidine rings is 1. The van der Waals surface area contributed by atoms with Gasteiger partial charge in [0.25, 0.3) is 0 Å². The van der Waals surface area contributed by atoms with Crippen molar-refractivity contribution in [1.82, 2.24) is 29.8 Å². The average molecular weight is 346 g/mol. The predicted molar refractivity (Wildman–Crippen MR) is 91.0 cm³/mol. The minimum absolute atomic E-state index is 0.134. The Bertz CT molecular complexity index is 723. The van der Waals surface area contributed by atoms with Crippen LogP contribution < -0.4 is 0 Å². The van der Waals surface area contributed by atoms with Crippen LogP contribution in [-0.4, -0.2) is 48.8 Å². The summed E-state index contributed by atoms with van der Waals surface area (Å²) in [4.78, 5) is 23.2. The molecule has 1 aliphatic rings. The van der Waals surface area contributed by atoms with Gasteiger partial charge in [-0.15, -0.1) is 0 Å². The van der Waals surface area contributed by atoms with Gasteiger partial charge >= 0.3 is 0 Å². The van der Waals surface area contributed by atoms with E-state index in [4.69, 9.17) is 4.52 Å². The molecule has 0 radical (unpaired) electrons. The number of rotatable bonds is 6. The third-order valence-corrected chi connectivity index (χ3v) is 4.54. The van der Waals surface area contributed by atoms with E-state index in [-0.39, 0.29) is 11.9 Å². The first-order valence-electron chi connectivity index (χ1n) is 9.05. The molecule has 136 valence electrons. The molecule has 1 unspecified atom stereocenters. The number of aromatic nitrogens is 5. The summed E-state index contributed by atoms with van der Waals surface area (Å²) < 4.78 is 7.17. The van der Waals surface area contributed by atoms with Crippen molar-refractivity contribution in [2.24, 2.45) is 0 Å². The fraction of sp³-hybridized carbons (Fsp3) is 0.706. The van der Waals surface area contributed by atoms with Crippen molar-refractivity contribution in [3.8, 4) is 0 Å². The highest BCUT2D eigenvalue weighted by atomic mass is 16.5. The maximum absolute atomic E-state index is 12.6. The van der Waals surface area contributed by atoms with Gasteiger partial charge in [0.2, 0.25) is 11.8 Å². The van der Waals surface area contributed by atoms with Gasteiger partial charge in [0, 0.05) is 32.4 Å². The van der Waals surface area contributed by atoms with Gasteiger partial charge in [-0.25, -0.2) is 9.67 Å². The summed E-state index contributed by atoms with van der Waals surface area (Å²) in [6.07, 6.45) is 4.69. The maximum Gasteiger partial charge on any atom is 0.227 e. The highest BCUT2D eigenvalue weighted by Crippen LogP contribution is 2.22. The Balaban J connectivity index is 1.55. The Hall–Kier alpha value is -2.25. The van der Waals surface area contributed by atoms with E-state index in [1.807, 2.05) is 23.4 Å². The van der Waals surface area contributed by atoms with Gasteiger partial charge in [-0.3, -0.25) is 4.79 Å². The average Bonchev–Trinajstić information content (AvgIpc) is 3.19. The molecule has 2 aromatic rings. The van der Waals surface area contributed by atoms with E-state index >= 15 is 0 Å². The second-order valence-electron chi connectivity index (χ2n) is 6.64. The first-order valence-corrected chi connectivity index (χ1v) is 9.05. The highest BCUT2D eigenvalue weighted by Gasteiger charge is 2.26. The van der Waals surface area contributed by atoms with Crippen molar-refractivity contribution in [3.05, 3.63) is 23.4 Å². The molecule has 1 fully saturated rings. The van der Waals surface area contributed by atoms with E-state index in [1.54, 1.807) is 0 Å². The van der Waals surface area contributed by atoms with Crippen molar-refractivity contribution in [2.45, 2.75) is 65.3 Å². The van der Waals surface area contributed by atoms with Gasteiger partial charge in [-0.2, -0.15) is 10.1 Å². The van der Waals surface area contributed by atoms with Crippen LogP contribution in [0.15, 0.2) is 4.52 Å². The zero-order valence-corrected chi connectivity index (χ0v) is 15.2. The van der Waals surface area contributed by atoms with E-state index < -0.39 is 0 Å². The molecular formula is C17H26N6O2. The molecule has 2 aromatic heterocycles. The molecule has 1 atom stereocenters. The van der Waals surface area contributed by atoms with Crippen LogP contribution in [0.25, 0.3) is 0 Å². The molecule has 1 amide bonds. The van der Waals surface area contributed by atoms with Crippen LogP contribution in [0.2, 0.25) is 0 Å². The van der Waals surface area contributed by atoms with Crippen LogP contribution >= 0.6 is 0 Å². The molecule has 1 aliphatic heterocycles. The number of nitrogens with zero attached hydrogens (tertiary/aromatic N) is 6. The molecule has 0 saturated carbocycles. The molecule has 0 aromatic carbocycles. The van der Waals surface area contributed by atoms with Gasteiger partial charge in [0.15, 0.2) is 5.82 Å². The summed E-state index contributed by atoms with van der Waals surface area (Å²) in [5.41, 5.74) is 0. The molecule has 0 N–H and O–H groups in total. The van der Waals surface area contributed by atoms with Crippen LogP contribution in [0.3, 0.4) is 0 Å².